The molecule has 3 aromatic carbocycles. The number of anilines is 1. The highest BCUT2D eigenvalue weighted by Gasteiger charge is 2.48. The number of benzene rings is 3. The lowest BCUT2D eigenvalue weighted by molar-refractivity contribution is -0.438. The first-order valence-electron chi connectivity index (χ1n) is 20.4. The summed E-state index contributed by atoms with van der Waals surface area (Å²) in [6.45, 7) is 3.67. The minimum atomic E-state index is -5.04. The number of carbonyl (C=O) groups is 1. The first-order chi connectivity index (χ1) is 31.0. The van der Waals surface area contributed by atoms with E-state index in [0.29, 0.717) is 28.3 Å². The molecule has 0 spiro atoms. The van der Waals surface area contributed by atoms with Crippen LogP contribution in [0, 0.1) is 23.3 Å². The van der Waals surface area contributed by atoms with Crippen LogP contribution < -0.4 is 9.64 Å². The first kappa shape index (κ1) is 53.4. The third kappa shape index (κ3) is 12.5. The van der Waals surface area contributed by atoms with Crippen molar-refractivity contribution in [2.24, 2.45) is 0 Å². The number of ether oxygens (including phenoxy) is 2. The van der Waals surface area contributed by atoms with Gasteiger partial charge in [0.15, 0.2) is 17.3 Å². The molecule has 67 heavy (non-hydrogen) atoms. The van der Waals surface area contributed by atoms with Crippen LogP contribution >= 0.6 is 0 Å². The minimum Gasteiger partial charge on any atom is -0.748 e. The summed E-state index contributed by atoms with van der Waals surface area (Å²) in [5.41, 5.74) is -0.332. The van der Waals surface area contributed by atoms with Crippen LogP contribution in [-0.4, -0.2) is 106 Å². The molecule has 0 saturated heterocycles. The van der Waals surface area contributed by atoms with E-state index in [-0.39, 0.29) is 76.3 Å². The highest BCUT2D eigenvalue weighted by Crippen LogP contribution is 2.51. The van der Waals surface area contributed by atoms with Crippen molar-refractivity contribution in [3.8, 4) is 5.75 Å². The Hall–Kier alpha value is -4.60. The Labute approximate surface area is 385 Å². The molecular weight excluding hydrogens is 977 g/mol. The van der Waals surface area contributed by atoms with Crippen LogP contribution in [0.2, 0.25) is 0 Å². The lowest BCUT2D eigenvalue weighted by atomic mass is 9.75. The topological polar surface area (TPSA) is 271 Å². The summed E-state index contributed by atoms with van der Waals surface area (Å²) in [5, 5.41) is 0. The van der Waals surface area contributed by atoms with Crippen LogP contribution in [-0.2, 0) is 60.8 Å². The molecule has 2 heterocycles. The summed E-state index contributed by atoms with van der Waals surface area (Å²) < 4.78 is 211. The van der Waals surface area contributed by atoms with Crippen LogP contribution in [0.15, 0.2) is 76.2 Å². The number of allylic oxidation sites excluding steroid dienone is 4. The second-order valence-corrected chi connectivity index (χ2v) is 22.1. The van der Waals surface area contributed by atoms with Crippen LogP contribution in [0.3, 0.4) is 0 Å². The summed E-state index contributed by atoms with van der Waals surface area (Å²) in [5.74, 6) is -11.7. The van der Waals surface area contributed by atoms with Crippen molar-refractivity contribution in [2.45, 2.75) is 85.8 Å². The van der Waals surface area contributed by atoms with Crippen molar-refractivity contribution in [3.05, 3.63) is 101 Å². The molecule has 0 fully saturated rings. The van der Waals surface area contributed by atoms with Crippen molar-refractivity contribution in [3.63, 3.8) is 0 Å². The Bertz CT molecular complexity index is 2960. The van der Waals surface area contributed by atoms with E-state index in [0.717, 1.165) is 18.2 Å². The molecule has 0 aliphatic carbocycles. The molecule has 0 N–H and O–H groups in total. The molecule has 3 aromatic rings. The largest absolute Gasteiger partial charge is 0.748 e. The van der Waals surface area contributed by atoms with E-state index in [4.69, 9.17) is 4.74 Å². The number of hydrogen-bond donors (Lipinski definition) is 0. The number of nitrogens with zero attached hydrogens (tertiary/aromatic N) is 2. The van der Waals surface area contributed by atoms with Gasteiger partial charge in [-0.1, -0.05) is 6.08 Å². The van der Waals surface area contributed by atoms with Crippen molar-refractivity contribution in [1.82, 2.24) is 0 Å². The minimum absolute atomic E-state index is 0.0310. The molecule has 0 amide bonds. The molecule has 2 aliphatic heterocycles. The maximum atomic E-state index is 14.1. The van der Waals surface area contributed by atoms with Gasteiger partial charge in [0.05, 0.1) is 42.0 Å². The standard InChI is InChI=1S/C42H48F4N2O15S4/c1-41(17-8-22-64(50,51)52)29-24-27(66(56,57)58)13-15-33(29)47(19-6-4-5-12-37(49)63-40-38(45)31(43)26-32(44)39(40)46)35(41)10-7-11-36-42(2,18-9-23-65(53,54)55)30-25-28(67(59,60)61)14-16-34(30)48(36)20-21-62-3/h7,10-11,13-16,24-26H,4-6,8-9,12,17-23H2,1-3H3,(H3-,50,51,52,53,54,55,56,57,58,59,60,61)/p-3. The Morgan fingerprint density at radius 3 is 1.84 bits per heavy atom. The Morgan fingerprint density at radius 2 is 1.28 bits per heavy atom. The van der Waals surface area contributed by atoms with Gasteiger partial charge in [-0.3, -0.25) is 4.79 Å². The second kappa shape index (κ2) is 20.6. The molecule has 2 aliphatic rings. The van der Waals surface area contributed by atoms with Crippen LogP contribution in [0.25, 0.3) is 0 Å². The van der Waals surface area contributed by atoms with Gasteiger partial charge in [-0.05, 0) is 94.3 Å². The lowest BCUT2D eigenvalue weighted by Crippen LogP contribution is -2.32. The van der Waals surface area contributed by atoms with Crippen molar-refractivity contribution < 1.29 is 88.3 Å². The number of esters is 1. The van der Waals surface area contributed by atoms with Crippen LogP contribution in [0.5, 0.6) is 5.75 Å². The van der Waals surface area contributed by atoms with Crippen molar-refractivity contribution in [2.75, 3.05) is 43.2 Å². The van der Waals surface area contributed by atoms with E-state index < -0.39 is 114 Å². The van der Waals surface area contributed by atoms with E-state index in [1.165, 1.54) is 25.3 Å². The molecule has 25 heteroatoms. The number of unbranched alkanes of at least 4 members (excludes halogenated alkanes) is 2. The fourth-order valence-corrected chi connectivity index (χ4v) is 10.5. The van der Waals surface area contributed by atoms with Gasteiger partial charge in [0.25, 0.3) is 0 Å². The smallest absolute Gasteiger partial charge is 0.311 e. The van der Waals surface area contributed by atoms with Crippen molar-refractivity contribution >= 4 is 63.5 Å². The number of hydrogen-bond acceptors (Lipinski definition) is 16. The van der Waals surface area contributed by atoms with Gasteiger partial charge in [0.1, 0.15) is 26.8 Å². The highest BCUT2D eigenvalue weighted by molar-refractivity contribution is 7.86. The highest BCUT2D eigenvalue weighted by atomic mass is 32.2. The van der Waals surface area contributed by atoms with Gasteiger partial charge in [0, 0.05) is 78.6 Å². The van der Waals surface area contributed by atoms with Gasteiger partial charge in [-0.2, -0.15) is 13.4 Å². The fraction of sp³-hybridized carbons (Fsp3) is 0.429. The summed E-state index contributed by atoms with van der Waals surface area (Å²) in [7, 11) is -18.0. The quantitative estimate of drug-likeness (QED) is 0.0241. The molecule has 0 aromatic heterocycles. The average Bonchev–Trinajstić information content (AvgIpc) is 3.58. The zero-order valence-corrected chi connectivity index (χ0v) is 39.4. The Morgan fingerprint density at radius 1 is 0.731 bits per heavy atom. The van der Waals surface area contributed by atoms with E-state index >= 15 is 0 Å². The molecule has 2 atom stereocenters. The summed E-state index contributed by atoms with van der Waals surface area (Å²) in [6.07, 6.45) is 4.25. The number of methoxy groups -OCH3 is 1. The maximum absolute atomic E-state index is 14.1. The molecular formula is C42H45F4N2O15S4-3. The lowest BCUT2D eigenvalue weighted by Gasteiger charge is -2.30. The zero-order valence-electron chi connectivity index (χ0n) is 36.1. The normalized spacial score (nSPS) is 19.4. The Kier molecular flexibility index (Phi) is 16.4. The molecule has 368 valence electrons. The zero-order chi connectivity index (χ0) is 49.9. The molecule has 17 nitrogen and oxygen atoms in total. The summed E-state index contributed by atoms with van der Waals surface area (Å²) in [6, 6.07) is 7.23. The summed E-state index contributed by atoms with van der Waals surface area (Å²) in [4.78, 5) is 13.0. The number of rotatable bonds is 22. The van der Waals surface area contributed by atoms with Gasteiger partial charge in [0.2, 0.25) is 23.1 Å². The molecule has 2 unspecified atom stereocenters. The Balaban J connectivity index is 1.59. The first-order valence-corrected chi connectivity index (χ1v) is 26.4. The third-order valence-corrected chi connectivity index (χ3v) is 15.0. The molecule has 5 rings (SSSR count). The molecule has 0 radical (unpaired) electrons. The van der Waals surface area contributed by atoms with E-state index in [2.05, 4.69) is 4.74 Å². The van der Waals surface area contributed by atoms with Gasteiger partial charge < -0.3 is 32.6 Å². The number of fused-ring (bicyclic) bond motifs is 2. The SMILES string of the molecule is COCCN1/C(=C/C=C/C2=[N+](CCCCCC(=O)Oc3c(F)c(F)cc(F)c3F)c3ccc(S(=O)(=O)[O-])cc3C2(C)CCCS(=O)(=O)[O-])C(C)(CCCS(=O)(=O)[O-])c2cc(S(=O)(=O)[O-])ccc21. The second-order valence-electron chi connectivity index (χ2n) is 16.3. The predicted molar refractivity (Wildman–Crippen MR) is 228 cm³/mol. The molecule has 0 bridgehead atoms. The van der Waals surface area contributed by atoms with Gasteiger partial charge in [-0.15, -0.1) is 0 Å². The van der Waals surface area contributed by atoms with Crippen LogP contribution in [0.4, 0.5) is 28.9 Å². The number of halogens is 4. The van der Waals surface area contributed by atoms with Crippen molar-refractivity contribution in [1.29, 1.82) is 0 Å². The monoisotopic (exact) mass is 1020 g/mol. The van der Waals surface area contributed by atoms with Gasteiger partial charge >= 0.3 is 5.97 Å². The predicted octanol–water partition coefficient (Wildman–Crippen LogP) is 5.09. The van der Waals surface area contributed by atoms with Gasteiger partial charge in [-0.25, -0.2) is 42.5 Å². The summed E-state index contributed by atoms with van der Waals surface area (Å²) >= 11 is 0. The molecule has 0 saturated carbocycles. The van der Waals surface area contributed by atoms with E-state index in [9.17, 15) is 74.2 Å². The van der Waals surface area contributed by atoms with Crippen LogP contribution in [0.1, 0.15) is 76.3 Å². The average molecular weight is 1020 g/mol. The van der Waals surface area contributed by atoms with E-state index in [1.54, 1.807) is 41.6 Å². The van der Waals surface area contributed by atoms with E-state index in [1.807, 2.05) is 0 Å². The maximum Gasteiger partial charge on any atom is 0.311 e. The fourth-order valence-electron chi connectivity index (χ4n) is 8.52. The number of carbonyl (C=O) groups excluding carboxylic acids is 1. The third-order valence-electron chi connectivity index (χ3n) is 11.7.